The summed E-state index contributed by atoms with van der Waals surface area (Å²) in [5, 5.41) is 7.00. The molecule has 0 heterocycles. The van der Waals surface area contributed by atoms with E-state index in [1.807, 2.05) is 0 Å². The van der Waals surface area contributed by atoms with Gasteiger partial charge in [-0.3, -0.25) is 14.4 Å². The molecule has 158 valence electrons. The monoisotopic (exact) mass is 430 g/mol. The Labute approximate surface area is 179 Å². The largest absolute Gasteiger partial charge is 0.484 e. The summed E-state index contributed by atoms with van der Waals surface area (Å²) < 4.78 is 5.44. The lowest BCUT2D eigenvalue weighted by Gasteiger charge is -2.16. The second kappa shape index (κ2) is 11.6. The van der Waals surface area contributed by atoms with Gasteiger partial charge in [0.1, 0.15) is 5.75 Å². The van der Waals surface area contributed by atoms with Gasteiger partial charge >= 0.3 is 11.8 Å². The van der Waals surface area contributed by atoms with Gasteiger partial charge in [0, 0.05) is 23.8 Å². The van der Waals surface area contributed by atoms with Gasteiger partial charge in [0.25, 0.3) is 5.91 Å². The number of nitrogens with one attached hydrogen (secondary N) is 2. The van der Waals surface area contributed by atoms with Gasteiger partial charge in [-0.05, 0) is 61.9 Å². The zero-order chi connectivity index (χ0) is 21.9. The maximum atomic E-state index is 11.9. The zero-order valence-electron chi connectivity index (χ0n) is 16.7. The molecule has 0 spiro atoms. The highest BCUT2D eigenvalue weighted by Gasteiger charge is 2.18. The van der Waals surface area contributed by atoms with E-state index in [-0.39, 0.29) is 12.5 Å². The Balaban J connectivity index is 1.80. The van der Waals surface area contributed by atoms with E-state index in [1.54, 1.807) is 62.4 Å². The van der Waals surface area contributed by atoms with Gasteiger partial charge in [0.2, 0.25) is 0 Å². The number of amides is 3. The number of anilines is 1. The van der Waals surface area contributed by atoms with Crippen LogP contribution < -0.4 is 15.5 Å². The smallest absolute Gasteiger partial charge is 0.329 e. The lowest BCUT2D eigenvalue weighted by Crippen LogP contribution is -2.41. The molecule has 0 aromatic heterocycles. The minimum atomic E-state index is -0.791. The van der Waals surface area contributed by atoms with Gasteiger partial charge in [-0.1, -0.05) is 17.7 Å². The highest BCUT2D eigenvalue weighted by molar-refractivity contribution is 6.35. The molecule has 0 fully saturated rings. The molecule has 2 aromatic rings. The van der Waals surface area contributed by atoms with Gasteiger partial charge in [-0.25, -0.2) is 5.43 Å². The second-order valence-electron chi connectivity index (χ2n) is 6.09. The Hall–Kier alpha value is -3.39. The van der Waals surface area contributed by atoms with Crippen LogP contribution in [0.5, 0.6) is 5.75 Å². The van der Waals surface area contributed by atoms with E-state index < -0.39 is 11.8 Å². The van der Waals surface area contributed by atoms with Crippen molar-refractivity contribution in [2.24, 2.45) is 5.10 Å². The Kier molecular flexibility index (Phi) is 8.83. The van der Waals surface area contributed by atoms with Crippen molar-refractivity contribution in [3.8, 4) is 5.75 Å². The second-order valence-corrected chi connectivity index (χ2v) is 6.53. The van der Waals surface area contributed by atoms with Crippen molar-refractivity contribution >= 4 is 41.2 Å². The number of likely N-dealkylation sites (N-methyl/N-ethyl adjacent to an activating group) is 1. The topological polar surface area (TPSA) is 100 Å². The first-order chi connectivity index (χ1) is 14.4. The number of nitrogens with zero attached hydrogens (tertiary/aromatic N) is 2. The van der Waals surface area contributed by atoms with Crippen molar-refractivity contribution in [1.82, 2.24) is 10.3 Å². The number of carbonyl (C=O) groups is 3. The van der Waals surface area contributed by atoms with Crippen molar-refractivity contribution in [2.75, 3.05) is 25.0 Å². The molecule has 0 atom stereocenters. The molecule has 30 heavy (non-hydrogen) atoms. The molecule has 0 radical (unpaired) electrons. The number of ether oxygens (including phenoxy) is 1. The van der Waals surface area contributed by atoms with Crippen molar-refractivity contribution in [1.29, 1.82) is 0 Å². The van der Waals surface area contributed by atoms with Crippen LogP contribution in [0.3, 0.4) is 0 Å². The zero-order valence-corrected chi connectivity index (χ0v) is 17.5. The summed E-state index contributed by atoms with van der Waals surface area (Å²) in [6.45, 7) is 4.32. The van der Waals surface area contributed by atoms with Crippen LogP contribution in [0.4, 0.5) is 5.69 Å². The molecule has 2 rings (SSSR count). The van der Waals surface area contributed by atoms with E-state index in [4.69, 9.17) is 16.3 Å². The molecule has 0 saturated carbocycles. The minimum absolute atomic E-state index is 0.163. The number of benzene rings is 2. The molecule has 2 N–H and O–H groups in total. The fraction of sp³-hybridized carbons (Fsp3) is 0.238. The number of hydrogen-bond acceptors (Lipinski definition) is 5. The molecule has 0 aliphatic heterocycles. The molecule has 0 aliphatic carbocycles. The Morgan fingerprint density at radius 2 is 1.80 bits per heavy atom. The van der Waals surface area contributed by atoms with Crippen LogP contribution >= 0.6 is 11.6 Å². The molecule has 9 heteroatoms. The van der Waals surface area contributed by atoms with Gasteiger partial charge in [0.15, 0.2) is 6.61 Å². The van der Waals surface area contributed by atoms with E-state index in [9.17, 15) is 14.4 Å². The molecule has 0 saturated heterocycles. The van der Waals surface area contributed by atoms with E-state index in [2.05, 4.69) is 15.8 Å². The number of halogens is 1. The third-order valence-electron chi connectivity index (χ3n) is 3.98. The average molecular weight is 431 g/mol. The highest BCUT2D eigenvalue weighted by Crippen LogP contribution is 2.15. The van der Waals surface area contributed by atoms with Crippen LogP contribution in [0.2, 0.25) is 5.02 Å². The molecule has 8 nitrogen and oxygen atoms in total. The Morgan fingerprint density at radius 1 is 1.10 bits per heavy atom. The maximum absolute atomic E-state index is 11.9. The third-order valence-corrected chi connectivity index (χ3v) is 4.22. The van der Waals surface area contributed by atoms with Crippen LogP contribution in [-0.4, -0.2) is 48.5 Å². The van der Waals surface area contributed by atoms with Gasteiger partial charge in [0.05, 0.1) is 6.21 Å². The quantitative estimate of drug-likeness (QED) is 0.382. The predicted octanol–water partition coefficient (Wildman–Crippen LogP) is 2.68. The van der Waals surface area contributed by atoms with Crippen LogP contribution in [0.15, 0.2) is 53.6 Å². The predicted molar refractivity (Wildman–Crippen MR) is 116 cm³/mol. The lowest BCUT2D eigenvalue weighted by atomic mass is 10.2. The number of carbonyl (C=O) groups excluding carboxylic acids is 3. The summed E-state index contributed by atoms with van der Waals surface area (Å²) in [5.41, 5.74) is 3.48. The summed E-state index contributed by atoms with van der Waals surface area (Å²) in [4.78, 5) is 36.9. The van der Waals surface area contributed by atoms with E-state index in [1.165, 1.54) is 11.1 Å². The first-order valence-electron chi connectivity index (χ1n) is 9.33. The first-order valence-corrected chi connectivity index (χ1v) is 9.71. The van der Waals surface area contributed by atoms with Gasteiger partial charge < -0.3 is 15.0 Å². The van der Waals surface area contributed by atoms with Crippen LogP contribution in [0, 0.1) is 0 Å². The molecule has 0 unspecified atom stereocenters. The lowest BCUT2D eigenvalue weighted by molar-refractivity contribution is -0.145. The van der Waals surface area contributed by atoms with Crippen LogP contribution in [-0.2, 0) is 14.4 Å². The van der Waals surface area contributed by atoms with Gasteiger partial charge in [-0.2, -0.15) is 5.10 Å². The summed E-state index contributed by atoms with van der Waals surface area (Å²) in [6.07, 6.45) is 1.41. The highest BCUT2D eigenvalue weighted by atomic mass is 35.5. The summed E-state index contributed by atoms with van der Waals surface area (Å²) in [7, 11) is 0. The SMILES string of the molecule is CCN(CC)C(=O)C(=O)N/N=C\c1ccc(OCC(=O)Nc2cccc(Cl)c2)cc1. The van der Waals surface area contributed by atoms with Gasteiger partial charge in [-0.15, -0.1) is 0 Å². The van der Waals surface area contributed by atoms with E-state index >= 15 is 0 Å². The fourth-order valence-electron chi connectivity index (χ4n) is 2.43. The molecular formula is C21H23ClN4O4. The Morgan fingerprint density at radius 3 is 2.43 bits per heavy atom. The molecule has 2 aromatic carbocycles. The fourth-order valence-corrected chi connectivity index (χ4v) is 2.62. The summed E-state index contributed by atoms with van der Waals surface area (Å²) in [6, 6.07) is 13.5. The average Bonchev–Trinajstić information content (AvgIpc) is 2.74. The maximum Gasteiger partial charge on any atom is 0.329 e. The normalized spacial score (nSPS) is 10.5. The van der Waals surface area contributed by atoms with Crippen molar-refractivity contribution in [3.63, 3.8) is 0 Å². The number of hydrogen-bond donors (Lipinski definition) is 2. The summed E-state index contributed by atoms with van der Waals surface area (Å²) >= 11 is 5.88. The van der Waals surface area contributed by atoms with E-state index in [0.717, 1.165) is 0 Å². The molecule has 0 bridgehead atoms. The summed E-state index contributed by atoms with van der Waals surface area (Å²) in [5.74, 6) is -1.24. The number of rotatable bonds is 8. The minimum Gasteiger partial charge on any atom is -0.484 e. The third kappa shape index (κ3) is 7.21. The van der Waals surface area contributed by atoms with Crippen LogP contribution in [0.25, 0.3) is 0 Å². The standard InChI is InChI=1S/C21H23ClN4O4/c1-3-26(4-2)21(29)20(28)25-23-13-15-8-10-18(11-9-15)30-14-19(27)24-17-7-5-6-16(22)12-17/h5-13H,3-4,14H2,1-2H3,(H,24,27)(H,25,28)/b23-13-. The van der Waals surface area contributed by atoms with E-state index in [0.29, 0.717) is 35.1 Å². The van der Waals surface area contributed by atoms with Crippen LogP contribution in [0.1, 0.15) is 19.4 Å². The molecular weight excluding hydrogens is 408 g/mol. The first kappa shape index (κ1) is 22.9. The van der Waals surface area contributed by atoms with Crippen molar-refractivity contribution in [2.45, 2.75) is 13.8 Å². The van der Waals surface area contributed by atoms with Crippen molar-refractivity contribution < 1.29 is 19.1 Å². The number of hydrazone groups is 1. The Bertz CT molecular complexity index is 911. The van der Waals surface area contributed by atoms with Crippen molar-refractivity contribution in [3.05, 3.63) is 59.1 Å². The molecule has 0 aliphatic rings. The molecule has 3 amide bonds.